The van der Waals surface area contributed by atoms with E-state index in [4.69, 9.17) is 9.47 Å². The molecular weight excluding hydrogens is 312 g/mol. The molecule has 0 saturated heterocycles. The lowest BCUT2D eigenvalue weighted by molar-refractivity contribution is -0.137. The fourth-order valence-electron chi connectivity index (χ4n) is 1.55. The van der Waals surface area contributed by atoms with Crippen LogP contribution >= 0.6 is 15.9 Å². The minimum Gasteiger partial charge on any atom is -0.462 e. The Hall–Kier alpha value is -1.62. The molecule has 0 amide bonds. The highest BCUT2D eigenvalue weighted by molar-refractivity contribution is 9.10. The monoisotopic (exact) mass is 326 g/mol. The molecule has 0 atom stereocenters. The Labute approximate surface area is 120 Å². The van der Waals surface area contributed by atoms with Crippen molar-refractivity contribution in [2.24, 2.45) is 0 Å². The van der Waals surface area contributed by atoms with E-state index in [1.807, 2.05) is 0 Å². The van der Waals surface area contributed by atoms with Crippen molar-refractivity contribution < 1.29 is 19.1 Å². The second-order valence-corrected chi connectivity index (χ2v) is 4.67. The van der Waals surface area contributed by atoms with Crippen LogP contribution in [0.4, 0.5) is 0 Å². The average molecular weight is 327 g/mol. The number of hydrogen-bond donors (Lipinski definition) is 0. The highest BCUT2D eigenvalue weighted by atomic mass is 79.9. The van der Waals surface area contributed by atoms with Gasteiger partial charge in [-0.25, -0.2) is 4.79 Å². The van der Waals surface area contributed by atoms with Gasteiger partial charge in [0.1, 0.15) is 11.3 Å². The fourth-order valence-corrected chi connectivity index (χ4v) is 1.82. The molecule has 0 N–H and O–H groups in total. The van der Waals surface area contributed by atoms with Crippen molar-refractivity contribution in [2.45, 2.75) is 20.8 Å². The Kier molecular flexibility index (Phi) is 5.76. The number of benzene rings is 1. The molecule has 0 aliphatic carbocycles. The number of carbonyl (C=O) groups excluding carboxylic acids is 2. The lowest BCUT2D eigenvalue weighted by atomic mass is 10.1. The Morgan fingerprint density at radius 1 is 1.16 bits per heavy atom. The van der Waals surface area contributed by atoms with Gasteiger partial charge in [-0.3, -0.25) is 4.79 Å². The van der Waals surface area contributed by atoms with E-state index in [-0.39, 0.29) is 17.9 Å². The third-order valence-electron chi connectivity index (χ3n) is 2.26. The van der Waals surface area contributed by atoms with Crippen LogP contribution in [0.25, 0.3) is 5.57 Å². The second-order valence-electron chi connectivity index (χ2n) is 3.75. The summed E-state index contributed by atoms with van der Waals surface area (Å²) in [5.74, 6) is -0.756. The van der Waals surface area contributed by atoms with Crippen LogP contribution in [-0.4, -0.2) is 18.5 Å². The molecule has 5 heteroatoms. The molecule has 0 radical (unpaired) electrons. The zero-order chi connectivity index (χ0) is 14.4. The zero-order valence-electron chi connectivity index (χ0n) is 11.0. The van der Waals surface area contributed by atoms with E-state index >= 15 is 0 Å². The third kappa shape index (κ3) is 4.52. The van der Waals surface area contributed by atoms with Crippen molar-refractivity contribution >= 4 is 33.4 Å². The Bertz CT molecular complexity index is 503. The van der Waals surface area contributed by atoms with Gasteiger partial charge in [-0.05, 0) is 31.5 Å². The molecule has 0 bridgehead atoms. The second kappa shape index (κ2) is 7.09. The summed E-state index contributed by atoms with van der Waals surface area (Å²) in [6.07, 6.45) is 0. The topological polar surface area (TPSA) is 52.6 Å². The van der Waals surface area contributed by atoms with Crippen molar-refractivity contribution in [1.29, 1.82) is 0 Å². The highest BCUT2D eigenvalue weighted by Gasteiger charge is 2.18. The van der Waals surface area contributed by atoms with Gasteiger partial charge in [0.05, 0.1) is 6.61 Å². The van der Waals surface area contributed by atoms with Gasteiger partial charge in [-0.15, -0.1) is 0 Å². The molecular formula is C14H15BrO4. The summed E-state index contributed by atoms with van der Waals surface area (Å²) < 4.78 is 10.9. The maximum Gasteiger partial charge on any atom is 0.342 e. The quantitative estimate of drug-likeness (QED) is 0.484. The van der Waals surface area contributed by atoms with Gasteiger partial charge in [0.15, 0.2) is 0 Å². The van der Waals surface area contributed by atoms with E-state index in [0.717, 1.165) is 4.47 Å². The van der Waals surface area contributed by atoms with Crippen molar-refractivity contribution in [2.75, 3.05) is 6.61 Å². The summed E-state index contributed by atoms with van der Waals surface area (Å²) in [5, 5.41) is 0. The van der Waals surface area contributed by atoms with Gasteiger partial charge in [-0.1, -0.05) is 28.1 Å². The number of carbonyl (C=O) groups is 2. The molecule has 0 aromatic heterocycles. The smallest absolute Gasteiger partial charge is 0.342 e. The standard InChI is InChI=1S/C14H15BrO4/c1-4-18-14(17)13(9(2)19-10(3)16)11-5-7-12(15)8-6-11/h5-8H,4H2,1-3H3. The highest BCUT2D eigenvalue weighted by Crippen LogP contribution is 2.23. The van der Waals surface area contributed by atoms with Gasteiger partial charge in [0.2, 0.25) is 0 Å². The molecule has 19 heavy (non-hydrogen) atoms. The molecule has 0 fully saturated rings. The van der Waals surface area contributed by atoms with E-state index in [2.05, 4.69) is 15.9 Å². The van der Waals surface area contributed by atoms with Crippen molar-refractivity contribution in [3.05, 3.63) is 40.1 Å². The van der Waals surface area contributed by atoms with Crippen LogP contribution in [0.1, 0.15) is 26.3 Å². The normalized spacial score (nSPS) is 11.6. The Balaban J connectivity index is 3.22. The number of allylic oxidation sites excluding steroid dienone is 1. The summed E-state index contributed by atoms with van der Waals surface area (Å²) in [6.45, 7) is 4.83. The SMILES string of the molecule is CCOC(=O)C(=C(C)OC(C)=O)c1ccc(Br)cc1. The minimum absolute atomic E-state index is 0.230. The van der Waals surface area contributed by atoms with Crippen LogP contribution in [0, 0.1) is 0 Å². The minimum atomic E-state index is -0.511. The van der Waals surface area contributed by atoms with Gasteiger partial charge in [-0.2, -0.15) is 0 Å². The summed E-state index contributed by atoms with van der Waals surface area (Å²) >= 11 is 3.32. The zero-order valence-corrected chi connectivity index (χ0v) is 12.6. The van der Waals surface area contributed by atoms with Crippen LogP contribution in [0.15, 0.2) is 34.5 Å². The van der Waals surface area contributed by atoms with E-state index in [1.54, 1.807) is 38.1 Å². The number of hydrogen-bond acceptors (Lipinski definition) is 4. The van der Waals surface area contributed by atoms with E-state index < -0.39 is 11.9 Å². The van der Waals surface area contributed by atoms with Crippen LogP contribution in [0.2, 0.25) is 0 Å². The molecule has 1 rings (SSSR count). The van der Waals surface area contributed by atoms with Crippen LogP contribution < -0.4 is 0 Å². The van der Waals surface area contributed by atoms with Gasteiger partial charge in [0.25, 0.3) is 0 Å². The third-order valence-corrected chi connectivity index (χ3v) is 2.79. The predicted octanol–water partition coefficient (Wildman–Crippen LogP) is 3.31. The molecule has 0 aliphatic heterocycles. The first kappa shape index (κ1) is 15.4. The number of ether oxygens (including phenoxy) is 2. The summed E-state index contributed by atoms with van der Waals surface area (Å²) in [7, 11) is 0. The summed E-state index contributed by atoms with van der Waals surface area (Å²) in [6, 6.07) is 7.11. The van der Waals surface area contributed by atoms with Crippen LogP contribution in [-0.2, 0) is 19.1 Å². The lowest BCUT2D eigenvalue weighted by Crippen LogP contribution is -2.11. The molecule has 0 spiro atoms. The molecule has 102 valence electrons. The largest absolute Gasteiger partial charge is 0.462 e. The first-order valence-corrected chi connectivity index (χ1v) is 6.57. The Morgan fingerprint density at radius 3 is 2.21 bits per heavy atom. The molecule has 1 aromatic rings. The fraction of sp³-hybridized carbons (Fsp3) is 0.286. The Morgan fingerprint density at radius 2 is 1.74 bits per heavy atom. The van der Waals surface area contributed by atoms with Crippen LogP contribution in [0.5, 0.6) is 0 Å². The molecule has 0 aliphatic rings. The predicted molar refractivity (Wildman–Crippen MR) is 75.1 cm³/mol. The van der Waals surface area contributed by atoms with Crippen molar-refractivity contribution in [1.82, 2.24) is 0 Å². The molecule has 4 nitrogen and oxygen atoms in total. The van der Waals surface area contributed by atoms with E-state index in [1.165, 1.54) is 6.92 Å². The van der Waals surface area contributed by atoms with Crippen molar-refractivity contribution in [3.8, 4) is 0 Å². The number of halogens is 1. The van der Waals surface area contributed by atoms with Crippen LogP contribution in [0.3, 0.4) is 0 Å². The van der Waals surface area contributed by atoms with Gasteiger partial charge in [0, 0.05) is 11.4 Å². The van der Waals surface area contributed by atoms with Gasteiger partial charge < -0.3 is 9.47 Å². The van der Waals surface area contributed by atoms with E-state index in [0.29, 0.717) is 5.56 Å². The first-order valence-electron chi connectivity index (χ1n) is 5.78. The summed E-state index contributed by atoms with van der Waals surface area (Å²) in [4.78, 5) is 23.0. The summed E-state index contributed by atoms with van der Waals surface area (Å²) in [5.41, 5.74) is 0.893. The first-order chi connectivity index (χ1) is 8.95. The molecule has 1 aromatic carbocycles. The molecule has 0 unspecified atom stereocenters. The number of esters is 2. The lowest BCUT2D eigenvalue weighted by Gasteiger charge is -2.11. The maximum atomic E-state index is 12.0. The van der Waals surface area contributed by atoms with E-state index in [9.17, 15) is 9.59 Å². The van der Waals surface area contributed by atoms with Crippen molar-refractivity contribution in [3.63, 3.8) is 0 Å². The van der Waals surface area contributed by atoms with Gasteiger partial charge >= 0.3 is 11.9 Å². The molecule has 0 saturated carbocycles. The number of rotatable bonds is 4. The molecule has 0 heterocycles. The maximum absolute atomic E-state index is 12.0. The average Bonchev–Trinajstić information content (AvgIpc) is 2.31.